The van der Waals surface area contributed by atoms with Crippen molar-refractivity contribution >= 4 is 23.7 Å². The predicted molar refractivity (Wildman–Crippen MR) is 108 cm³/mol. The highest BCUT2D eigenvalue weighted by atomic mass is 16.4. The lowest BCUT2D eigenvalue weighted by Gasteiger charge is -2.29. The average molecular weight is 417 g/mol. The number of carboxylic acid groups (broad SMARTS) is 1. The monoisotopic (exact) mass is 416 g/mol. The van der Waals surface area contributed by atoms with Crippen molar-refractivity contribution in [1.29, 1.82) is 0 Å². The molecule has 0 saturated carbocycles. The second-order valence-electron chi connectivity index (χ2n) is 8.27. The molecule has 0 unspecified atom stereocenters. The van der Waals surface area contributed by atoms with Gasteiger partial charge in [-0.1, -0.05) is 34.1 Å². The summed E-state index contributed by atoms with van der Waals surface area (Å²) in [5.74, 6) is -3.37. The van der Waals surface area contributed by atoms with Gasteiger partial charge in [-0.3, -0.25) is 14.4 Å². The fourth-order valence-corrected chi connectivity index (χ4v) is 2.48. The van der Waals surface area contributed by atoms with E-state index in [1.807, 2.05) is 20.8 Å². The number of amides is 3. The number of aliphatic hydroxyl groups excluding tert-OH is 1. The van der Waals surface area contributed by atoms with Gasteiger partial charge in [0.1, 0.15) is 17.6 Å². The van der Waals surface area contributed by atoms with Crippen molar-refractivity contribution < 1.29 is 29.4 Å². The van der Waals surface area contributed by atoms with Crippen LogP contribution in [-0.2, 0) is 19.2 Å². The third-order valence-corrected chi connectivity index (χ3v) is 4.64. The summed E-state index contributed by atoms with van der Waals surface area (Å²) in [7, 11) is 0. The number of rotatable bonds is 12. The molecule has 168 valence electrons. The van der Waals surface area contributed by atoms with Crippen molar-refractivity contribution in [1.82, 2.24) is 16.0 Å². The summed E-state index contributed by atoms with van der Waals surface area (Å²) in [5.41, 5.74) is 4.27. The molecule has 0 aromatic heterocycles. The lowest BCUT2D eigenvalue weighted by atomic mass is 9.96. The Morgan fingerprint density at radius 3 is 1.97 bits per heavy atom. The van der Waals surface area contributed by atoms with E-state index in [1.54, 1.807) is 6.92 Å². The van der Waals surface area contributed by atoms with Crippen molar-refractivity contribution in [2.24, 2.45) is 17.6 Å². The number of carbonyl (C=O) groups is 4. The second kappa shape index (κ2) is 11.7. The van der Waals surface area contributed by atoms with Gasteiger partial charge in [0, 0.05) is 0 Å². The van der Waals surface area contributed by atoms with Gasteiger partial charge in [-0.15, -0.1) is 0 Å². The Kier molecular flexibility index (Phi) is 10.8. The van der Waals surface area contributed by atoms with Gasteiger partial charge in [0.05, 0.1) is 12.6 Å². The maximum absolute atomic E-state index is 12.6. The first-order valence-corrected chi connectivity index (χ1v) is 9.79. The van der Waals surface area contributed by atoms with Crippen LogP contribution in [0.2, 0.25) is 0 Å². The summed E-state index contributed by atoms with van der Waals surface area (Å²) >= 11 is 0. The van der Waals surface area contributed by atoms with Crippen molar-refractivity contribution in [3.05, 3.63) is 0 Å². The zero-order valence-corrected chi connectivity index (χ0v) is 18.1. The molecular formula is C19H36N4O6. The zero-order valence-electron chi connectivity index (χ0n) is 18.1. The summed E-state index contributed by atoms with van der Waals surface area (Å²) in [6.45, 7) is 9.32. The van der Waals surface area contributed by atoms with E-state index in [0.29, 0.717) is 12.8 Å². The molecule has 0 spiro atoms. The number of aliphatic hydroxyl groups is 1. The van der Waals surface area contributed by atoms with Crippen LogP contribution >= 0.6 is 0 Å². The summed E-state index contributed by atoms with van der Waals surface area (Å²) in [6, 6.07) is -3.16. The van der Waals surface area contributed by atoms with Crippen molar-refractivity contribution in [3.63, 3.8) is 0 Å². The minimum atomic E-state index is -1.53. The van der Waals surface area contributed by atoms with Gasteiger partial charge < -0.3 is 31.9 Å². The Balaban J connectivity index is 5.26. The van der Waals surface area contributed by atoms with Crippen molar-refractivity contribution in [2.45, 2.75) is 78.0 Å². The van der Waals surface area contributed by atoms with E-state index in [-0.39, 0.29) is 11.8 Å². The van der Waals surface area contributed by atoms with Gasteiger partial charge in [0.2, 0.25) is 17.7 Å². The highest BCUT2D eigenvalue weighted by Crippen LogP contribution is 2.11. The van der Waals surface area contributed by atoms with Crippen LogP contribution in [0.1, 0.15) is 54.4 Å². The molecule has 0 saturated heterocycles. The number of nitrogens with two attached hydrogens (primary N) is 1. The van der Waals surface area contributed by atoms with Crippen LogP contribution in [0.4, 0.5) is 0 Å². The molecule has 3 amide bonds. The second-order valence-corrected chi connectivity index (χ2v) is 8.27. The molecule has 0 rings (SSSR count). The maximum atomic E-state index is 12.6. The van der Waals surface area contributed by atoms with E-state index in [2.05, 4.69) is 16.0 Å². The largest absolute Gasteiger partial charge is 0.480 e. The molecule has 0 heterocycles. The predicted octanol–water partition coefficient (Wildman–Crippen LogP) is -0.653. The highest BCUT2D eigenvalue weighted by Gasteiger charge is 2.35. The van der Waals surface area contributed by atoms with E-state index in [9.17, 15) is 29.4 Å². The Bertz CT molecular complexity index is 593. The average Bonchev–Trinajstić information content (AvgIpc) is 2.61. The molecule has 0 aromatic carbocycles. The van der Waals surface area contributed by atoms with Crippen LogP contribution in [0.15, 0.2) is 0 Å². The molecule has 0 bridgehead atoms. The summed E-state index contributed by atoms with van der Waals surface area (Å²) < 4.78 is 0. The molecule has 0 aliphatic carbocycles. The third kappa shape index (κ3) is 8.78. The first-order valence-electron chi connectivity index (χ1n) is 9.79. The lowest BCUT2D eigenvalue weighted by Crippen LogP contribution is -2.61. The quantitative estimate of drug-likeness (QED) is 0.245. The molecule has 10 heteroatoms. The fourth-order valence-electron chi connectivity index (χ4n) is 2.48. The van der Waals surface area contributed by atoms with E-state index < -0.39 is 54.0 Å². The maximum Gasteiger partial charge on any atom is 0.328 e. The first-order chi connectivity index (χ1) is 13.3. The van der Waals surface area contributed by atoms with Crippen LogP contribution < -0.4 is 21.7 Å². The van der Waals surface area contributed by atoms with E-state index in [1.165, 1.54) is 13.8 Å². The standard InChI is InChI=1S/C19H36N4O6/c1-7-11(4)14(17(27)23-19(5,6)18(28)29)22-16(26)13(9-24)21-15(25)12(20)8-10(2)3/h10-14,24H,7-9,20H2,1-6H3,(H,21,25)(H,22,26)(H,23,27)(H,28,29)/t11-,12-,13-,14-/m0/s1. The van der Waals surface area contributed by atoms with E-state index in [4.69, 9.17) is 5.73 Å². The molecule has 10 nitrogen and oxygen atoms in total. The number of hydrogen-bond acceptors (Lipinski definition) is 6. The Morgan fingerprint density at radius 1 is 1.00 bits per heavy atom. The molecule has 0 fully saturated rings. The lowest BCUT2D eigenvalue weighted by molar-refractivity contribution is -0.146. The molecule has 0 radical (unpaired) electrons. The van der Waals surface area contributed by atoms with Gasteiger partial charge >= 0.3 is 5.97 Å². The van der Waals surface area contributed by atoms with Crippen LogP contribution in [0, 0.1) is 11.8 Å². The van der Waals surface area contributed by atoms with Crippen LogP contribution in [-0.4, -0.2) is 64.2 Å². The Morgan fingerprint density at radius 2 is 1.55 bits per heavy atom. The molecule has 0 aliphatic rings. The van der Waals surface area contributed by atoms with Crippen LogP contribution in [0.25, 0.3) is 0 Å². The van der Waals surface area contributed by atoms with Gasteiger partial charge in [-0.2, -0.15) is 0 Å². The molecule has 29 heavy (non-hydrogen) atoms. The Hall–Kier alpha value is -2.20. The molecule has 4 atom stereocenters. The molecule has 0 aliphatic heterocycles. The number of hydrogen-bond donors (Lipinski definition) is 6. The van der Waals surface area contributed by atoms with Crippen LogP contribution in [0.5, 0.6) is 0 Å². The topological polar surface area (TPSA) is 171 Å². The summed E-state index contributed by atoms with van der Waals surface area (Å²) in [6.07, 6.45) is 0.940. The number of carbonyl (C=O) groups excluding carboxylic acids is 3. The molecule has 0 aromatic rings. The first kappa shape index (κ1) is 26.8. The van der Waals surface area contributed by atoms with E-state index in [0.717, 1.165) is 0 Å². The van der Waals surface area contributed by atoms with Crippen molar-refractivity contribution in [3.8, 4) is 0 Å². The minimum absolute atomic E-state index is 0.174. The SMILES string of the molecule is CC[C@H](C)[C@H](NC(=O)[C@H](CO)NC(=O)[C@@H](N)CC(C)C)C(=O)NC(C)(C)C(=O)O. The zero-order chi connectivity index (χ0) is 22.9. The van der Waals surface area contributed by atoms with Crippen molar-refractivity contribution in [2.75, 3.05) is 6.61 Å². The van der Waals surface area contributed by atoms with Gasteiger partial charge in [0.25, 0.3) is 0 Å². The molecular weight excluding hydrogens is 380 g/mol. The minimum Gasteiger partial charge on any atom is -0.480 e. The summed E-state index contributed by atoms with van der Waals surface area (Å²) in [4.78, 5) is 48.6. The number of nitrogens with one attached hydrogen (secondary N) is 3. The Labute approximate surface area is 172 Å². The molecule has 7 N–H and O–H groups in total. The fraction of sp³-hybridized carbons (Fsp3) is 0.789. The highest BCUT2D eigenvalue weighted by molar-refractivity contribution is 5.94. The van der Waals surface area contributed by atoms with Gasteiger partial charge in [-0.25, -0.2) is 4.79 Å². The smallest absolute Gasteiger partial charge is 0.328 e. The van der Waals surface area contributed by atoms with Gasteiger partial charge in [-0.05, 0) is 32.1 Å². The number of carboxylic acids is 1. The normalized spacial score (nSPS) is 15.8. The third-order valence-electron chi connectivity index (χ3n) is 4.64. The summed E-state index contributed by atoms with van der Waals surface area (Å²) in [5, 5.41) is 26.0. The van der Waals surface area contributed by atoms with Gasteiger partial charge in [0.15, 0.2) is 0 Å². The van der Waals surface area contributed by atoms with E-state index >= 15 is 0 Å². The number of aliphatic carboxylic acids is 1. The van der Waals surface area contributed by atoms with Crippen LogP contribution in [0.3, 0.4) is 0 Å².